The lowest BCUT2D eigenvalue weighted by molar-refractivity contribution is 1.02. The molecule has 33 heavy (non-hydrogen) atoms. The van der Waals surface area contributed by atoms with Crippen LogP contribution >= 0.6 is 10.0 Å². The zero-order chi connectivity index (χ0) is 22.3. The van der Waals surface area contributed by atoms with Gasteiger partial charge in [0, 0.05) is 21.4 Å². The fourth-order valence-electron chi connectivity index (χ4n) is 6.08. The fourth-order valence-corrected chi connectivity index (χ4v) is 9.13. The molecule has 4 aromatic carbocycles. The number of rotatable bonds is 1. The highest BCUT2D eigenvalue weighted by atomic mass is 32.3. The van der Waals surface area contributed by atoms with Gasteiger partial charge in [-0.15, -0.1) is 0 Å². The van der Waals surface area contributed by atoms with Crippen LogP contribution < -0.4 is 0 Å². The van der Waals surface area contributed by atoms with Gasteiger partial charge in [-0.2, -0.15) is 10.0 Å². The molecule has 1 aliphatic carbocycles. The molecule has 0 amide bonds. The molecule has 0 bridgehead atoms. The van der Waals surface area contributed by atoms with Gasteiger partial charge in [-0.05, 0) is 95.5 Å². The Morgan fingerprint density at radius 3 is 2.45 bits per heavy atom. The van der Waals surface area contributed by atoms with E-state index in [1.807, 2.05) is 0 Å². The van der Waals surface area contributed by atoms with E-state index >= 15 is 0 Å². The highest BCUT2D eigenvalue weighted by Crippen LogP contribution is 2.69. The molecule has 2 aliphatic rings. The molecule has 2 heterocycles. The van der Waals surface area contributed by atoms with Crippen LogP contribution in [-0.2, 0) is 0 Å². The van der Waals surface area contributed by atoms with Crippen molar-refractivity contribution >= 4 is 48.2 Å². The molecule has 1 nitrogen and oxygen atoms in total. The van der Waals surface area contributed by atoms with Crippen molar-refractivity contribution in [3.8, 4) is 5.69 Å². The second-order valence-electron chi connectivity index (χ2n) is 9.83. The van der Waals surface area contributed by atoms with E-state index in [1.165, 1.54) is 67.8 Å². The maximum atomic E-state index is 2.51. The summed E-state index contributed by atoms with van der Waals surface area (Å²) in [4.78, 5) is 3.27. The fraction of sp³-hybridized carbons (Fsp3) is 0.161. The molecule has 0 radical (unpaired) electrons. The molecule has 1 aromatic heterocycles. The van der Waals surface area contributed by atoms with E-state index in [0.717, 1.165) is 0 Å². The molecule has 0 spiro atoms. The summed E-state index contributed by atoms with van der Waals surface area (Å²) in [5.41, 5.74) is 8.07. The topological polar surface area (TPSA) is 4.93 Å². The summed E-state index contributed by atoms with van der Waals surface area (Å²) >= 11 is 0. The normalized spacial score (nSPS) is 17.7. The Balaban J connectivity index is 1.63. The average Bonchev–Trinajstić information content (AvgIpc) is 3.27. The van der Waals surface area contributed by atoms with Crippen molar-refractivity contribution < 1.29 is 0 Å². The highest BCUT2D eigenvalue weighted by Gasteiger charge is 2.35. The summed E-state index contributed by atoms with van der Waals surface area (Å²) in [5, 5.41) is 5.47. The lowest BCUT2D eigenvalue weighted by Crippen LogP contribution is -1.99. The largest absolute Gasteiger partial charge is 0.309 e. The van der Waals surface area contributed by atoms with Crippen molar-refractivity contribution in [3.63, 3.8) is 0 Å². The lowest BCUT2D eigenvalue weighted by atomic mass is 9.96. The molecule has 0 saturated carbocycles. The third kappa shape index (κ3) is 2.56. The van der Waals surface area contributed by atoms with E-state index in [4.69, 9.17) is 0 Å². The van der Waals surface area contributed by atoms with Gasteiger partial charge in [0.1, 0.15) is 0 Å². The Labute approximate surface area is 196 Å². The van der Waals surface area contributed by atoms with E-state index < -0.39 is 10.0 Å². The third-order valence-corrected chi connectivity index (χ3v) is 10.7. The van der Waals surface area contributed by atoms with E-state index in [-0.39, 0.29) is 0 Å². The zero-order valence-corrected chi connectivity index (χ0v) is 20.2. The van der Waals surface area contributed by atoms with Gasteiger partial charge in [-0.1, -0.05) is 54.1 Å². The predicted octanol–water partition coefficient (Wildman–Crippen LogP) is 8.74. The van der Waals surface area contributed by atoms with Crippen molar-refractivity contribution in [2.24, 2.45) is 0 Å². The number of nitrogens with zero attached hydrogens (tertiary/aromatic N) is 1. The number of hydrogen-bond donors (Lipinski definition) is 0. The average molecular weight is 446 g/mol. The van der Waals surface area contributed by atoms with Gasteiger partial charge in [-0.25, -0.2) is 0 Å². The van der Waals surface area contributed by atoms with Crippen LogP contribution in [0.25, 0.3) is 43.8 Å². The number of fused-ring (bicyclic) bond motifs is 7. The van der Waals surface area contributed by atoms with E-state index in [1.54, 1.807) is 9.80 Å². The highest BCUT2D eigenvalue weighted by molar-refractivity contribution is 8.36. The van der Waals surface area contributed by atoms with Crippen molar-refractivity contribution in [1.82, 2.24) is 4.57 Å². The van der Waals surface area contributed by atoms with Crippen LogP contribution in [0.1, 0.15) is 24.0 Å². The lowest BCUT2D eigenvalue weighted by Gasteiger charge is -2.32. The van der Waals surface area contributed by atoms with Gasteiger partial charge in [0.15, 0.2) is 0 Å². The minimum absolute atomic E-state index is 0.997. The first-order valence-corrected chi connectivity index (χ1v) is 14.2. The van der Waals surface area contributed by atoms with Gasteiger partial charge in [-0.3, -0.25) is 0 Å². The van der Waals surface area contributed by atoms with Gasteiger partial charge in [0.05, 0.1) is 11.0 Å². The van der Waals surface area contributed by atoms with Crippen molar-refractivity contribution in [3.05, 3.63) is 101 Å². The summed E-state index contributed by atoms with van der Waals surface area (Å²) in [7, 11) is -0.997. The molecular weight excluding hydrogens is 418 g/mol. The Hall–Kier alpha value is -3.23. The molecule has 0 atom stereocenters. The number of allylic oxidation sites excluding steroid dienone is 4. The number of hydrogen-bond acceptors (Lipinski definition) is 0. The first kappa shape index (κ1) is 19.3. The van der Waals surface area contributed by atoms with Crippen molar-refractivity contribution in [2.75, 3.05) is 12.5 Å². The Kier molecular flexibility index (Phi) is 3.88. The first-order valence-electron chi connectivity index (χ1n) is 11.7. The number of aryl methyl sites for hydroxylation is 1. The van der Waals surface area contributed by atoms with Gasteiger partial charge in [0.2, 0.25) is 0 Å². The quantitative estimate of drug-likeness (QED) is 0.243. The van der Waals surface area contributed by atoms with Crippen LogP contribution in [0.4, 0.5) is 0 Å². The van der Waals surface area contributed by atoms with Crippen LogP contribution in [0, 0.1) is 6.92 Å². The summed E-state index contributed by atoms with van der Waals surface area (Å²) in [6.45, 7) is 2.19. The smallest absolute Gasteiger partial charge is 0.0547 e. The Morgan fingerprint density at radius 1 is 0.788 bits per heavy atom. The SMILES string of the molecule is Cc1ccc2c(c1)c1cc3ccc4c(c3cc1n2-c1ccccc1)S(C)(C)C1=C4C=CCC1. The summed E-state index contributed by atoms with van der Waals surface area (Å²) in [5.74, 6) is 0. The first-order chi connectivity index (χ1) is 16.0. The Morgan fingerprint density at radius 2 is 1.61 bits per heavy atom. The van der Waals surface area contributed by atoms with E-state index in [2.05, 4.69) is 109 Å². The van der Waals surface area contributed by atoms with Crippen LogP contribution in [0.5, 0.6) is 0 Å². The summed E-state index contributed by atoms with van der Waals surface area (Å²) in [6, 6.07) is 27.3. The van der Waals surface area contributed by atoms with Crippen molar-refractivity contribution in [2.45, 2.75) is 24.7 Å². The second-order valence-corrected chi connectivity index (χ2v) is 13.4. The number of para-hydroxylation sites is 1. The molecular formula is C31H27NS. The minimum Gasteiger partial charge on any atom is -0.309 e. The maximum absolute atomic E-state index is 2.51. The molecule has 162 valence electrons. The van der Waals surface area contributed by atoms with Gasteiger partial charge >= 0.3 is 0 Å². The van der Waals surface area contributed by atoms with Crippen LogP contribution in [0.3, 0.4) is 0 Å². The standard InChI is InChI=1S/C31H27NS/c1-20-13-16-28-26(17-20)27-18-21-14-15-24-23-11-7-8-12-30(23)33(2,3)31(24)25(21)19-29(27)32(28)22-9-5-4-6-10-22/h4-7,9-11,13-19H,8,12H2,1-3H3. The van der Waals surface area contributed by atoms with Crippen molar-refractivity contribution in [1.29, 1.82) is 0 Å². The van der Waals surface area contributed by atoms with Gasteiger partial charge < -0.3 is 4.57 Å². The summed E-state index contributed by atoms with van der Waals surface area (Å²) < 4.78 is 2.45. The molecule has 2 heteroatoms. The van der Waals surface area contributed by atoms with E-state index in [9.17, 15) is 0 Å². The molecule has 0 N–H and O–H groups in total. The second kappa shape index (κ2) is 6.65. The molecule has 0 saturated heterocycles. The van der Waals surface area contributed by atoms with Crippen LogP contribution in [-0.4, -0.2) is 17.1 Å². The minimum atomic E-state index is -0.997. The predicted molar refractivity (Wildman–Crippen MR) is 146 cm³/mol. The molecule has 1 aliphatic heterocycles. The van der Waals surface area contributed by atoms with Crippen LogP contribution in [0.15, 0.2) is 94.7 Å². The molecule has 7 rings (SSSR count). The zero-order valence-electron chi connectivity index (χ0n) is 19.4. The number of benzene rings is 4. The third-order valence-electron chi connectivity index (χ3n) is 7.56. The Bertz CT molecular complexity index is 1680. The monoisotopic (exact) mass is 445 g/mol. The van der Waals surface area contributed by atoms with Crippen LogP contribution in [0.2, 0.25) is 0 Å². The maximum Gasteiger partial charge on any atom is 0.0547 e. The number of aromatic nitrogens is 1. The molecule has 0 unspecified atom stereocenters. The van der Waals surface area contributed by atoms with E-state index in [0.29, 0.717) is 0 Å². The summed E-state index contributed by atoms with van der Waals surface area (Å²) in [6.07, 6.45) is 12.1. The van der Waals surface area contributed by atoms with Gasteiger partial charge in [0.25, 0.3) is 0 Å². The molecule has 0 fully saturated rings. The molecule has 5 aromatic rings.